The van der Waals surface area contributed by atoms with Gasteiger partial charge in [-0.2, -0.15) is 0 Å². The summed E-state index contributed by atoms with van der Waals surface area (Å²) >= 11 is 0. The van der Waals surface area contributed by atoms with Gasteiger partial charge in [0.05, 0.1) is 19.8 Å². The fraction of sp³-hybridized carbons (Fsp3) is 0.700. The predicted molar refractivity (Wildman–Crippen MR) is 58.0 cm³/mol. The first-order valence-electron chi connectivity index (χ1n) is 5.81. The van der Waals surface area contributed by atoms with Crippen molar-refractivity contribution in [3.8, 4) is 0 Å². The Labute approximate surface area is 98.8 Å². The molecule has 7 heteroatoms. The van der Waals surface area contributed by atoms with Gasteiger partial charge in [0.25, 0.3) is 0 Å². The van der Waals surface area contributed by atoms with E-state index in [1.165, 1.54) is 0 Å². The van der Waals surface area contributed by atoms with E-state index < -0.39 is 0 Å². The number of rotatable bonds is 1. The molecule has 1 fully saturated rings. The highest BCUT2D eigenvalue weighted by Gasteiger charge is 2.29. The molecule has 0 bridgehead atoms. The number of aromatic nitrogens is 3. The van der Waals surface area contributed by atoms with Gasteiger partial charge in [0.2, 0.25) is 5.91 Å². The van der Waals surface area contributed by atoms with Crippen LogP contribution >= 0.6 is 0 Å². The zero-order chi connectivity index (χ0) is 11.7. The number of hydrogen-bond acceptors (Lipinski definition) is 5. The van der Waals surface area contributed by atoms with E-state index in [9.17, 15) is 4.79 Å². The van der Waals surface area contributed by atoms with E-state index in [0.29, 0.717) is 26.3 Å². The standard InChI is InChI=1S/C10H15N5O2/c16-10(8-6-17-4-1-11-8)14-2-3-15-7-12-13-9(15)5-14/h7-8,11H,1-6H2. The number of ether oxygens (including phenoxy) is 1. The third-order valence-electron chi connectivity index (χ3n) is 3.17. The minimum absolute atomic E-state index is 0.0963. The molecule has 1 aromatic heterocycles. The first kappa shape index (κ1) is 10.7. The molecule has 92 valence electrons. The minimum atomic E-state index is -0.210. The second kappa shape index (κ2) is 4.42. The van der Waals surface area contributed by atoms with E-state index in [1.54, 1.807) is 6.33 Å². The third-order valence-corrected chi connectivity index (χ3v) is 3.17. The molecule has 0 spiro atoms. The lowest BCUT2D eigenvalue weighted by atomic mass is 10.2. The van der Waals surface area contributed by atoms with Gasteiger partial charge in [0.1, 0.15) is 12.4 Å². The van der Waals surface area contributed by atoms with Crippen molar-refractivity contribution in [2.75, 3.05) is 26.3 Å². The topological polar surface area (TPSA) is 72.3 Å². The highest BCUT2D eigenvalue weighted by molar-refractivity contribution is 5.82. The van der Waals surface area contributed by atoms with Crippen LogP contribution in [0.4, 0.5) is 0 Å². The van der Waals surface area contributed by atoms with Crippen molar-refractivity contribution in [2.45, 2.75) is 19.1 Å². The lowest BCUT2D eigenvalue weighted by molar-refractivity contribution is -0.137. The van der Waals surface area contributed by atoms with Crippen molar-refractivity contribution >= 4 is 5.91 Å². The molecule has 1 atom stereocenters. The zero-order valence-corrected chi connectivity index (χ0v) is 9.50. The molecule has 0 saturated carbocycles. The van der Waals surface area contributed by atoms with Gasteiger partial charge in [0, 0.05) is 19.6 Å². The summed E-state index contributed by atoms with van der Waals surface area (Å²) in [7, 11) is 0. The van der Waals surface area contributed by atoms with Gasteiger partial charge in [-0.15, -0.1) is 10.2 Å². The smallest absolute Gasteiger partial charge is 0.242 e. The number of amides is 1. The van der Waals surface area contributed by atoms with Crippen LogP contribution in [0.1, 0.15) is 5.82 Å². The Balaban J connectivity index is 1.67. The molecule has 3 rings (SSSR count). The van der Waals surface area contributed by atoms with Crippen molar-refractivity contribution in [1.29, 1.82) is 0 Å². The zero-order valence-electron chi connectivity index (χ0n) is 9.50. The largest absolute Gasteiger partial charge is 0.378 e. The number of nitrogens with one attached hydrogen (secondary N) is 1. The first-order valence-corrected chi connectivity index (χ1v) is 5.81. The van der Waals surface area contributed by atoms with Crippen molar-refractivity contribution < 1.29 is 9.53 Å². The second-order valence-electron chi connectivity index (χ2n) is 4.28. The lowest BCUT2D eigenvalue weighted by Gasteiger charge is -2.32. The molecule has 7 nitrogen and oxygen atoms in total. The van der Waals surface area contributed by atoms with Gasteiger partial charge in [-0.3, -0.25) is 4.79 Å². The van der Waals surface area contributed by atoms with E-state index in [0.717, 1.165) is 18.9 Å². The molecule has 0 radical (unpaired) electrons. The van der Waals surface area contributed by atoms with Crippen LogP contribution in [-0.2, 0) is 22.6 Å². The summed E-state index contributed by atoms with van der Waals surface area (Å²) in [4.78, 5) is 14.0. The van der Waals surface area contributed by atoms with E-state index in [1.807, 2.05) is 9.47 Å². The van der Waals surface area contributed by atoms with Crippen molar-refractivity contribution in [1.82, 2.24) is 25.0 Å². The molecule has 2 aliphatic heterocycles. The van der Waals surface area contributed by atoms with Gasteiger partial charge in [-0.05, 0) is 0 Å². The van der Waals surface area contributed by atoms with E-state index in [4.69, 9.17) is 4.74 Å². The number of carbonyl (C=O) groups is 1. The van der Waals surface area contributed by atoms with E-state index >= 15 is 0 Å². The minimum Gasteiger partial charge on any atom is -0.378 e. The molecule has 1 unspecified atom stereocenters. The van der Waals surface area contributed by atoms with Crippen LogP contribution in [-0.4, -0.2) is 57.9 Å². The van der Waals surface area contributed by atoms with Crippen LogP contribution in [0.5, 0.6) is 0 Å². The van der Waals surface area contributed by atoms with Gasteiger partial charge in [-0.1, -0.05) is 0 Å². The van der Waals surface area contributed by atoms with Crippen molar-refractivity contribution in [3.05, 3.63) is 12.2 Å². The SMILES string of the molecule is O=C(C1COCCN1)N1CCn2cnnc2C1. The second-order valence-corrected chi connectivity index (χ2v) is 4.28. The number of morpholine rings is 1. The highest BCUT2D eigenvalue weighted by Crippen LogP contribution is 2.11. The number of fused-ring (bicyclic) bond motifs is 1. The molecular formula is C10H15N5O2. The average Bonchev–Trinajstić information content (AvgIpc) is 2.86. The van der Waals surface area contributed by atoms with Gasteiger partial charge < -0.3 is 19.5 Å². The summed E-state index contributed by atoms with van der Waals surface area (Å²) in [6, 6.07) is -0.210. The average molecular weight is 237 g/mol. The van der Waals surface area contributed by atoms with Gasteiger partial charge >= 0.3 is 0 Å². The van der Waals surface area contributed by atoms with Crippen molar-refractivity contribution in [3.63, 3.8) is 0 Å². The van der Waals surface area contributed by atoms with Crippen LogP contribution in [0, 0.1) is 0 Å². The quantitative estimate of drug-likeness (QED) is 0.651. The van der Waals surface area contributed by atoms with Crippen LogP contribution in [0.15, 0.2) is 6.33 Å². The van der Waals surface area contributed by atoms with Gasteiger partial charge in [0.15, 0.2) is 5.82 Å². The van der Waals surface area contributed by atoms with Crippen LogP contribution in [0.2, 0.25) is 0 Å². The van der Waals surface area contributed by atoms with Crippen LogP contribution in [0.3, 0.4) is 0 Å². The Morgan fingerprint density at radius 2 is 2.47 bits per heavy atom. The monoisotopic (exact) mass is 237 g/mol. The normalized spacial score (nSPS) is 24.5. The molecule has 17 heavy (non-hydrogen) atoms. The summed E-state index contributed by atoms with van der Waals surface area (Å²) < 4.78 is 7.29. The summed E-state index contributed by atoms with van der Waals surface area (Å²) in [5, 5.41) is 11.0. The van der Waals surface area contributed by atoms with Crippen LogP contribution in [0.25, 0.3) is 0 Å². The number of carbonyl (C=O) groups excluding carboxylic acids is 1. The molecule has 3 heterocycles. The fourth-order valence-electron chi connectivity index (χ4n) is 2.20. The highest BCUT2D eigenvalue weighted by atomic mass is 16.5. The van der Waals surface area contributed by atoms with Gasteiger partial charge in [-0.25, -0.2) is 0 Å². The Morgan fingerprint density at radius 3 is 3.29 bits per heavy atom. The summed E-state index contributed by atoms with van der Waals surface area (Å²) in [5.41, 5.74) is 0. The number of nitrogens with zero attached hydrogens (tertiary/aromatic N) is 4. The molecular weight excluding hydrogens is 222 g/mol. The molecule has 2 aliphatic rings. The Kier molecular flexibility index (Phi) is 2.77. The fourth-order valence-corrected chi connectivity index (χ4v) is 2.20. The predicted octanol–water partition coefficient (Wildman–Crippen LogP) is -1.39. The molecule has 1 aromatic rings. The molecule has 0 aliphatic carbocycles. The summed E-state index contributed by atoms with van der Waals surface area (Å²) in [5.74, 6) is 0.945. The Hall–Kier alpha value is -1.47. The van der Waals surface area contributed by atoms with E-state index in [2.05, 4.69) is 15.5 Å². The molecule has 1 N–H and O–H groups in total. The molecule has 0 aromatic carbocycles. The summed E-state index contributed by atoms with van der Waals surface area (Å²) in [6.45, 7) is 3.89. The number of hydrogen-bond donors (Lipinski definition) is 1. The first-order chi connectivity index (χ1) is 8.34. The Morgan fingerprint density at radius 1 is 1.53 bits per heavy atom. The van der Waals surface area contributed by atoms with E-state index in [-0.39, 0.29) is 11.9 Å². The van der Waals surface area contributed by atoms with Crippen molar-refractivity contribution in [2.24, 2.45) is 0 Å². The Bertz CT molecular complexity index is 413. The molecule has 1 amide bonds. The summed E-state index contributed by atoms with van der Waals surface area (Å²) in [6.07, 6.45) is 1.71. The maximum absolute atomic E-state index is 12.2. The molecule has 1 saturated heterocycles. The lowest BCUT2D eigenvalue weighted by Crippen LogP contribution is -2.53. The van der Waals surface area contributed by atoms with Crippen LogP contribution < -0.4 is 5.32 Å². The third kappa shape index (κ3) is 2.03. The maximum atomic E-state index is 12.2. The maximum Gasteiger partial charge on any atom is 0.242 e.